The molecule has 18 heavy (non-hydrogen) atoms. The highest BCUT2D eigenvalue weighted by Crippen LogP contribution is 2.35. The van der Waals surface area contributed by atoms with Gasteiger partial charge in [0, 0.05) is 31.8 Å². The number of fused-ring (bicyclic) bond motifs is 1. The van der Waals surface area contributed by atoms with E-state index in [0.717, 1.165) is 17.9 Å². The fourth-order valence-corrected chi connectivity index (χ4v) is 2.08. The van der Waals surface area contributed by atoms with Crippen molar-refractivity contribution < 1.29 is 14.2 Å². The van der Waals surface area contributed by atoms with Gasteiger partial charge < -0.3 is 19.5 Å². The molecule has 2 rings (SSSR count). The zero-order valence-corrected chi connectivity index (χ0v) is 11.2. The van der Waals surface area contributed by atoms with E-state index in [0.29, 0.717) is 19.3 Å². The SMILES string of the molecule is CNC1COc2cc(OC(C)CCOC)ccc21. The van der Waals surface area contributed by atoms with Gasteiger partial charge >= 0.3 is 0 Å². The van der Waals surface area contributed by atoms with E-state index in [1.165, 1.54) is 5.56 Å². The van der Waals surface area contributed by atoms with Gasteiger partial charge in [-0.25, -0.2) is 0 Å². The standard InChI is InChI=1S/C14H21NO3/c1-10(6-7-16-3)18-11-4-5-12-13(15-2)9-17-14(12)8-11/h4-5,8,10,13,15H,6-7,9H2,1-3H3. The van der Waals surface area contributed by atoms with Gasteiger partial charge in [-0.05, 0) is 26.1 Å². The fourth-order valence-electron chi connectivity index (χ4n) is 2.08. The van der Waals surface area contributed by atoms with Crippen LogP contribution in [0.4, 0.5) is 0 Å². The average molecular weight is 251 g/mol. The molecule has 100 valence electrons. The van der Waals surface area contributed by atoms with Crippen LogP contribution >= 0.6 is 0 Å². The predicted molar refractivity (Wildman–Crippen MR) is 70.3 cm³/mol. The molecule has 0 bridgehead atoms. The van der Waals surface area contributed by atoms with Gasteiger partial charge in [-0.2, -0.15) is 0 Å². The quantitative estimate of drug-likeness (QED) is 0.841. The molecule has 1 aromatic carbocycles. The second-order valence-electron chi connectivity index (χ2n) is 4.56. The molecule has 4 heteroatoms. The van der Waals surface area contributed by atoms with Crippen LogP contribution in [-0.4, -0.2) is 33.5 Å². The molecule has 0 spiro atoms. The highest BCUT2D eigenvalue weighted by Gasteiger charge is 2.23. The van der Waals surface area contributed by atoms with Crippen LogP contribution in [0.3, 0.4) is 0 Å². The molecule has 0 aromatic heterocycles. The number of hydrogen-bond acceptors (Lipinski definition) is 4. The summed E-state index contributed by atoms with van der Waals surface area (Å²) >= 11 is 0. The monoisotopic (exact) mass is 251 g/mol. The average Bonchev–Trinajstić information content (AvgIpc) is 2.78. The summed E-state index contributed by atoms with van der Waals surface area (Å²) in [7, 11) is 3.65. The van der Waals surface area contributed by atoms with Gasteiger partial charge in [0.1, 0.15) is 18.1 Å². The van der Waals surface area contributed by atoms with Crippen molar-refractivity contribution in [3.63, 3.8) is 0 Å². The lowest BCUT2D eigenvalue weighted by molar-refractivity contribution is 0.135. The molecule has 0 aliphatic carbocycles. The third-order valence-electron chi connectivity index (χ3n) is 3.18. The maximum atomic E-state index is 5.83. The van der Waals surface area contributed by atoms with E-state index in [1.807, 2.05) is 26.1 Å². The van der Waals surface area contributed by atoms with Crippen LogP contribution in [0.2, 0.25) is 0 Å². The number of nitrogens with one attached hydrogen (secondary N) is 1. The zero-order chi connectivity index (χ0) is 13.0. The summed E-state index contributed by atoms with van der Waals surface area (Å²) in [6.07, 6.45) is 1.03. The Kier molecular flexibility index (Phi) is 4.44. The van der Waals surface area contributed by atoms with Gasteiger partial charge in [0.15, 0.2) is 0 Å². The largest absolute Gasteiger partial charge is 0.491 e. The molecule has 1 aromatic rings. The molecule has 0 radical (unpaired) electrons. The van der Waals surface area contributed by atoms with Gasteiger partial charge in [0.25, 0.3) is 0 Å². The van der Waals surface area contributed by atoms with Crippen molar-refractivity contribution in [3.8, 4) is 11.5 Å². The molecular weight excluding hydrogens is 230 g/mol. The first kappa shape index (κ1) is 13.2. The van der Waals surface area contributed by atoms with Crippen molar-refractivity contribution in [1.82, 2.24) is 5.32 Å². The summed E-state index contributed by atoms with van der Waals surface area (Å²) in [4.78, 5) is 0. The Morgan fingerprint density at radius 2 is 2.33 bits per heavy atom. The summed E-state index contributed by atoms with van der Waals surface area (Å²) < 4.78 is 16.5. The predicted octanol–water partition coefficient (Wildman–Crippen LogP) is 2.14. The smallest absolute Gasteiger partial charge is 0.127 e. The van der Waals surface area contributed by atoms with Crippen molar-refractivity contribution in [1.29, 1.82) is 0 Å². The van der Waals surface area contributed by atoms with Crippen LogP contribution in [0, 0.1) is 0 Å². The van der Waals surface area contributed by atoms with Gasteiger partial charge in [0.05, 0.1) is 12.1 Å². The molecule has 0 amide bonds. The maximum Gasteiger partial charge on any atom is 0.127 e. The van der Waals surface area contributed by atoms with E-state index in [-0.39, 0.29) is 6.10 Å². The Morgan fingerprint density at radius 3 is 3.06 bits per heavy atom. The molecule has 1 heterocycles. The number of hydrogen-bond donors (Lipinski definition) is 1. The van der Waals surface area contributed by atoms with E-state index < -0.39 is 0 Å². The second kappa shape index (κ2) is 6.07. The number of benzene rings is 1. The molecular formula is C14H21NO3. The van der Waals surface area contributed by atoms with Crippen LogP contribution in [-0.2, 0) is 4.74 Å². The summed E-state index contributed by atoms with van der Waals surface area (Å²) in [5.74, 6) is 1.78. The van der Waals surface area contributed by atoms with E-state index >= 15 is 0 Å². The van der Waals surface area contributed by atoms with E-state index in [1.54, 1.807) is 7.11 Å². The van der Waals surface area contributed by atoms with Gasteiger partial charge in [0.2, 0.25) is 0 Å². The Labute approximate surface area is 108 Å². The van der Waals surface area contributed by atoms with Crippen LogP contribution in [0.15, 0.2) is 18.2 Å². The Bertz CT molecular complexity index is 395. The van der Waals surface area contributed by atoms with Crippen LogP contribution in [0.5, 0.6) is 11.5 Å². The highest BCUT2D eigenvalue weighted by atomic mass is 16.5. The number of ether oxygens (including phenoxy) is 3. The van der Waals surface area contributed by atoms with Crippen LogP contribution < -0.4 is 14.8 Å². The lowest BCUT2D eigenvalue weighted by atomic mass is 10.1. The van der Waals surface area contributed by atoms with E-state index in [4.69, 9.17) is 14.2 Å². The number of rotatable bonds is 6. The summed E-state index contributed by atoms with van der Waals surface area (Å²) in [5.41, 5.74) is 1.20. The lowest BCUT2D eigenvalue weighted by Gasteiger charge is -2.15. The lowest BCUT2D eigenvalue weighted by Crippen LogP contribution is -2.17. The summed E-state index contributed by atoms with van der Waals surface area (Å²) in [6, 6.07) is 6.33. The normalized spacial score (nSPS) is 19.2. The first-order chi connectivity index (χ1) is 8.74. The topological polar surface area (TPSA) is 39.7 Å². The van der Waals surface area contributed by atoms with Crippen molar-refractivity contribution in [2.75, 3.05) is 27.4 Å². The molecule has 0 saturated carbocycles. The molecule has 1 N–H and O–H groups in total. The van der Waals surface area contributed by atoms with Crippen LogP contribution in [0.25, 0.3) is 0 Å². The molecule has 2 atom stereocenters. The maximum absolute atomic E-state index is 5.83. The van der Waals surface area contributed by atoms with Crippen molar-refractivity contribution >= 4 is 0 Å². The minimum Gasteiger partial charge on any atom is -0.491 e. The molecule has 1 aliphatic rings. The number of likely N-dealkylation sites (N-methyl/N-ethyl adjacent to an activating group) is 1. The van der Waals surface area contributed by atoms with E-state index in [2.05, 4.69) is 11.4 Å². The molecule has 4 nitrogen and oxygen atoms in total. The first-order valence-corrected chi connectivity index (χ1v) is 6.34. The minimum absolute atomic E-state index is 0.143. The summed E-state index contributed by atoms with van der Waals surface area (Å²) in [5, 5.41) is 3.23. The Balaban J connectivity index is 1.99. The minimum atomic E-state index is 0.143. The van der Waals surface area contributed by atoms with Crippen molar-refractivity contribution in [2.24, 2.45) is 0 Å². The zero-order valence-electron chi connectivity index (χ0n) is 11.2. The van der Waals surface area contributed by atoms with Gasteiger partial charge in [-0.3, -0.25) is 0 Å². The molecule has 0 saturated heterocycles. The third kappa shape index (κ3) is 2.94. The Morgan fingerprint density at radius 1 is 1.50 bits per heavy atom. The third-order valence-corrected chi connectivity index (χ3v) is 3.18. The van der Waals surface area contributed by atoms with Gasteiger partial charge in [-0.15, -0.1) is 0 Å². The number of methoxy groups -OCH3 is 1. The fraction of sp³-hybridized carbons (Fsp3) is 0.571. The van der Waals surface area contributed by atoms with Crippen molar-refractivity contribution in [2.45, 2.75) is 25.5 Å². The van der Waals surface area contributed by atoms with Crippen molar-refractivity contribution in [3.05, 3.63) is 23.8 Å². The van der Waals surface area contributed by atoms with Crippen LogP contribution in [0.1, 0.15) is 24.9 Å². The molecule has 0 fully saturated rings. The highest BCUT2D eigenvalue weighted by molar-refractivity contribution is 5.45. The molecule has 2 unspecified atom stereocenters. The van der Waals surface area contributed by atoms with Gasteiger partial charge in [-0.1, -0.05) is 0 Å². The second-order valence-corrected chi connectivity index (χ2v) is 4.56. The first-order valence-electron chi connectivity index (χ1n) is 6.34. The summed E-state index contributed by atoms with van der Waals surface area (Å²) in [6.45, 7) is 3.45. The Hall–Kier alpha value is -1.26. The molecule has 1 aliphatic heterocycles. The van der Waals surface area contributed by atoms with E-state index in [9.17, 15) is 0 Å².